The summed E-state index contributed by atoms with van der Waals surface area (Å²) in [7, 11) is 0. The molecule has 0 amide bonds. The Morgan fingerprint density at radius 3 is 2.13 bits per heavy atom. The van der Waals surface area contributed by atoms with Crippen molar-refractivity contribution in [1.82, 2.24) is 14.8 Å². The van der Waals surface area contributed by atoms with Gasteiger partial charge in [-0.05, 0) is 17.6 Å². The molecule has 0 aliphatic rings. The SMILES string of the molecule is CC(C)(C)Cn1c(C(C)(C)C)n[nH]c1=S. The molecule has 0 spiro atoms. The van der Waals surface area contributed by atoms with E-state index in [0.29, 0.717) is 0 Å². The monoisotopic (exact) mass is 227 g/mol. The summed E-state index contributed by atoms with van der Waals surface area (Å²) in [5.74, 6) is 1.03. The maximum atomic E-state index is 5.25. The molecule has 0 saturated heterocycles. The summed E-state index contributed by atoms with van der Waals surface area (Å²) in [6.45, 7) is 14.0. The Morgan fingerprint density at radius 1 is 1.20 bits per heavy atom. The molecule has 0 aliphatic carbocycles. The van der Waals surface area contributed by atoms with Crippen molar-refractivity contribution in [1.29, 1.82) is 0 Å². The average Bonchev–Trinajstić information content (AvgIpc) is 2.28. The van der Waals surface area contributed by atoms with Crippen molar-refractivity contribution in [2.24, 2.45) is 5.41 Å². The molecule has 1 aromatic heterocycles. The van der Waals surface area contributed by atoms with E-state index in [9.17, 15) is 0 Å². The van der Waals surface area contributed by atoms with Crippen LogP contribution in [0.2, 0.25) is 0 Å². The van der Waals surface area contributed by atoms with Crippen molar-refractivity contribution in [2.45, 2.75) is 53.5 Å². The molecule has 0 aromatic carbocycles. The van der Waals surface area contributed by atoms with Crippen LogP contribution in [0.15, 0.2) is 0 Å². The molecule has 0 saturated carbocycles. The van der Waals surface area contributed by atoms with E-state index < -0.39 is 0 Å². The summed E-state index contributed by atoms with van der Waals surface area (Å²) in [6.07, 6.45) is 0. The molecule has 0 atom stereocenters. The lowest BCUT2D eigenvalue weighted by Gasteiger charge is -2.24. The van der Waals surface area contributed by atoms with E-state index in [1.165, 1.54) is 0 Å². The van der Waals surface area contributed by atoms with Crippen LogP contribution >= 0.6 is 12.2 Å². The van der Waals surface area contributed by atoms with Crippen molar-refractivity contribution >= 4 is 12.2 Å². The minimum absolute atomic E-state index is 0.0266. The first-order chi connectivity index (χ1) is 6.61. The molecule has 1 N–H and O–H groups in total. The molecule has 86 valence electrons. The van der Waals surface area contributed by atoms with Crippen LogP contribution in [-0.4, -0.2) is 14.8 Å². The normalized spacial score (nSPS) is 13.2. The number of H-pyrrole nitrogens is 1. The van der Waals surface area contributed by atoms with Crippen LogP contribution in [-0.2, 0) is 12.0 Å². The van der Waals surface area contributed by atoms with Gasteiger partial charge in [-0.3, -0.25) is 5.10 Å². The Bertz CT molecular complexity index is 387. The molecule has 3 nitrogen and oxygen atoms in total. The molecule has 4 heteroatoms. The van der Waals surface area contributed by atoms with Crippen LogP contribution in [0, 0.1) is 10.2 Å². The molecule has 1 rings (SSSR count). The van der Waals surface area contributed by atoms with Gasteiger partial charge in [-0.1, -0.05) is 41.5 Å². The number of rotatable bonds is 1. The molecule has 0 aliphatic heterocycles. The van der Waals surface area contributed by atoms with E-state index in [1.54, 1.807) is 0 Å². The number of hydrogen-bond acceptors (Lipinski definition) is 2. The third-order valence-corrected chi connectivity index (χ3v) is 2.37. The fourth-order valence-electron chi connectivity index (χ4n) is 1.51. The van der Waals surface area contributed by atoms with Crippen LogP contribution in [0.3, 0.4) is 0 Å². The maximum absolute atomic E-state index is 5.25. The summed E-state index contributed by atoms with van der Waals surface area (Å²) < 4.78 is 2.82. The Balaban J connectivity index is 3.17. The maximum Gasteiger partial charge on any atom is 0.195 e. The lowest BCUT2D eigenvalue weighted by molar-refractivity contribution is 0.325. The van der Waals surface area contributed by atoms with Crippen molar-refractivity contribution < 1.29 is 0 Å². The lowest BCUT2D eigenvalue weighted by Crippen LogP contribution is -2.24. The standard InChI is InChI=1S/C11H21N3S/c1-10(2,3)7-14-8(11(4,5)6)12-13-9(14)15/h7H2,1-6H3,(H,13,15). The average molecular weight is 227 g/mol. The van der Waals surface area contributed by atoms with E-state index in [4.69, 9.17) is 12.2 Å². The van der Waals surface area contributed by atoms with Crippen LogP contribution in [0.25, 0.3) is 0 Å². The topological polar surface area (TPSA) is 33.6 Å². The highest BCUT2D eigenvalue weighted by Gasteiger charge is 2.23. The van der Waals surface area contributed by atoms with Crippen LogP contribution in [0.5, 0.6) is 0 Å². The Morgan fingerprint density at radius 2 is 1.73 bits per heavy atom. The number of aromatic amines is 1. The third-order valence-electron chi connectivity index (χ3n) is 2.06. The van der Waals surface area contributed by atoms with Crippen LogP contribution in [0.4, 0.5) is 0 Å². The smallest absolute Gasteiger partial charge is 0.195 e. The molecule has 0 bridgehead atoms. The molecule has 1 aromatic rings. The minimum atomic E-state index is 0.0266. The zero-order valence-corrected chi connectivity index (χ0v) is 11.3. The van der Waals surface area contributed by atoms with E-state index in [-0.39, 0.29) is 10.8 Å². The highest BCUT2D eigenvalue weighted by atomic mass is 32.1. The second-order valence-electron chi connectivity index (χ2n) is 6.25. The summed E-state index contributed by atoms with van der Waals surface area (Å²) in [5, 5.41) is 7.20. The summed E-state index contributed by atoms with van der Waals surface area (Å²) in [4.78, 5) is 0. The van der Waals surface area contributed by atoms with Gasteiger partial charge in [-0.25, -0.2) is 0 Å². The Labute approximate surface area is 96.9 Å². The van der Waals surface area contributed by atoms with E-state index in [2.05, 4.69) is 56.3 Å². The molecule has 0 unspecified atom stereocenters. The number of nitrogens with zero attached hydrogens (tertiary/aromatic N) is 2. The second kappa shape index (κ2) is 3.74. The van der Waals surface area contributed by atoms with Gasteiger partial charge in [0.2, 0.25) is 0 Å². The third kappa shape index (κ3) is 3.16. The zero-order valence-electron chi connectivity index (χ0n) is 10.5. The van der Waals surface area contributed by atoms with E-state index in [1.807, 2.05) is 0 Å². The van der Waals surface area contributed by atoms with Gasteiger partial charge in [0.25, 0.3) is 0 Å². The van der Waals surface area contributed by atoms with Gasteiger partial charge in [0, 0.05) is 12.0 Å². The van der Waals surface area contributed by atoms with Crippen molar-refractivity contribution in [3.63, 3.8) is 0 Å². The molecule has 15 heavy (non-hydrogen) atoms. The van der Waals surface area contributed by atoms with Crippen LogP contribution in [0.1, 0.15) is 47.4 Å². The number of hydrogen-bond donors (Lipinski definition) is 1. The Kier molecular flexibility index (Phi) is 3.10. The van der Waals surface area contributed by atoms with E-state index >= 15 is 0 Å². The fraction of sp³-hybridized carbons (Fsp3) is 0.818. The van der Waals surface area contributed by atoms with Crippen molar-refractivity contribution in [2.75, 3.05) is 0 Å². The first kappa shape index (κ1) is 12.4. The first-order valence-electron chi connectivity index (χ1n) is 5.27. The van der Waals surface area contributed by atoms with E-state index in [0.717, 1.165) is 17.1 Å². The molecular weight excluding hydrogens is 206 g/mol. The predicted molar refractivity (Wildman–Crippen MR) is 65.6 cm³/mol. The van der Waals surface area contributed by atoms with Gasteiger partial charge in [0.1, 0.15) is 5.82 Å². The fourth-order valence-corrected chi connectivity index (χ4v) is 1.71. The van der Waals surface area contributed by atoms with Gasteiger partial charge in [0.15, 0.2) is 4.77 Å². The number of nitrogens with one attached hydrogen (secondary N) is 1. The van der Waals surface area contributed by atoms with Gasteiger partial charge in [0.05, 0.1) is 0 Å². The van der Waals surface area contributed by atoms with Crippen molar-refractivity contribution in [3.05, 3.63) is 10.6 Å². The summed E-state index contributed by atoms with van der Waals surface area (Å²) in [6, 6.07) is 0. The van der Waals surface area contributed by atoms with Gasteiger partial charge < -0.3 is 4.57 Å². The van der Waals surface area contributed by atoms with Gasteiger partial charge in [-0.15, -0.1) is 0 Å². The highest BCUT2D eigenvalue weighted by molar-refractivity contribution is 7.71. The summed E-state index contributed by atoms with van der Waals surface area (Å²) >= 11 is 5.25. The lowest BCUT2D eigenvalue weighted by atomic mass is 9.93. The van der Waals surface area contributed by atoms with Crippen molar-refractivity contribution in [3.8, 4) is 0 Å². The molecule has 0 fully saturated rings. The predicted octanol–water partition coefficient (Wildman–Crippen LogP) is 3.28. The van der Waals surface area contributed by atoms with Crippen LogP contribution < -0.4 is 0 Å². The first-order valence-corrected chi connectivity index (χ1v) is 5.68. The highest BCUT2D eigenvalue weighted by Crippen LogP contribution is 2.24. The number of aromatic nitrogens is 3. The molecular formula is C11H21N3S. The zero-order chi connectivity index (χ0) is 11.9. The van der Waals surface area contributed by atoms with Gasteiger partial charge in [-0.2, -0.15) is 5.10 Å². The largest absolute Gasteiger partial charge is 0.303 e. The molecule has 0 radical (unpaired) electrons. The molecule has 1 heterocycles. The second-order valence-corrected chi connectivity index (χ2v) is 6.64. The van der Waals surface area contributed by atoms with Gasteiger partial charge >= 0.3 is 0 Å². The Hall–Kier alpha value is -0.640. The minimum Gasteiger partial charge on any atom is -0.303 e. The quantitative estimate of drug-likeness (QED) is 0.747. The summed E-state index contributed by atoms with van der Waals surface area (Å²) in [5.41, 5.74) is 0.237.